The molecular formula is C13H27NO3. The van der Waals surface area contributed by atoms with Gasteiger partial charge >= 0.3 is 5.97 Å². The number of rotatable bonds is 6. The van der Waals surface area contributed by atoms with Crippen molar-refractivity contribution in [2.45, 2.75) is 65.7 Å². The number of carbonyl (C=O) groups excluding carboxylic acids is 1. The van der Waals surface area contributed by atoms with Crippen molar-refractivity contribution in [1.29, 1.82) is 0 Å². The molecule has 0 radical (unpaired) electrons. The van der Waals surface area contributed by atoms with E-state index < -0.39 is 5.60 Å². The number of hydrogen-bond donors (Lipinski definition) is 1. The van der Waals surface area contributed by atoms with Crippen molar-refractivity contribution in [2.75, 3.05) is 13.1 Å². The van der Waals surface area contributed by atoms with Crippen molar-refractivity contribution in [1.82, 2.24) is 4.90 Å². The molecule has 0 aromatic rings. The minimum atomic E-state index is -0.455. The molecule has 0 aliphatic rings. The number of aliphatic hydroxyl groups excluding tert-OH is 1. The summed E-state index contributed by atoms with van der Waals surface area (Å²) in [6.45, 7) is 12.2. The van der Waals surface area contributed by atoms with Gasteiger partial charge in [-0.3, -0.25) is 9.69 Å². The van der Waals surface area contributed by atoms with Crippen molar-refractivity contribution in [2.24, 2.45) is 0 Å². The van der Waals surface area contributed by atoms with Crippen LogP contribution in [0, 0.1) is 0 Å². The van der Waals surface area contributed by atoms with Gasteiger partial charge < -0.3 is 9.84 Å². The highest BCUT2D eigenvalue weighted by atomic mass is 16.6. The molecule has 0 aliphatic carbocycles. The van der Waals surface area contributed by atoms with Crippen LogP contribution in [0.3, 0.4) is 0 Å². The van der Waals surface area contributed by atoms with Crippen LogP contribution in [0.4, 0.5) is 0 Å². The molecule has 0 fully saturated rings. The van der Waals surface area contributed by atoms with Gasteiger partial charge in [0.15, 0.2) is 0 Å². The topological polar surface area (TPSA) is 49.8 Å². The van der Waals surface area contributed by atoms with Crippen LogP contribution in [0.2, 0.25) is 0 Å². The molecule has 17 heavy (non-hydrogen) atoms. The minimum Gasteiger partial charge on any atom is -0.459 e. The molecule has 4 heteroatoms. The summed E-state index contributed by atoms with van der Waals surface area (Å²) >= 11 is 0. The fraction of sp³-hybridized carbons (Fsp3) is 0.923. The SMILES string of the molecule is CCC(O)CN(CC(=O)OC(C)(C)C)C(C)C. The number of esters is 1. The van der Waals surface area contributed by atoms with Crippen LogP contribution < -0.4 is 0 Å². The molecule has 4 nitrogen and oxygen atoms in total. The maximum absolute atomic E-state index is 11.7. The molecular weight excluding hydrogens is 218 g/mol. The maximum Gasteiger partial charge on any atom is 0.320 e. The molecule has 0 spiro atoms. The van der Waals surface area contributed by atoms with Gasteiger partial charge in [-0.1, -0.05) is 6.92 Å². The van der Waals surface area contributed by atoms with Crippen molar-refractivity contribution < 1.29 is 14.6 Å². The fourth-order valence-corrected chi connectivity index (χ4v) is 1.40. The van der Waals surface area contributed by atoms with Crippen molar-refractivity contribution in [3.63, 3.8) is 0 Å². The Hall–Kier alpha value is -0.610. The van der Waals surface area contributed by atoms with E-state index in [2.05, 4.69) is 0 Å². The largest absolute Gasteiger partial charge is 0.459 e. The molecule has 1 unspecified atom stereocenters. The summed E-state index contributed by atoms with van der Waals surface area (Å²) in [5.74, 6) is -0.241. The molecule has 0 aliphatic heterocycles. The van der Waals surface area contributed by atoms with Gasteiger partial charge in [0.1, 0.15) is 5.60 Å². The molecule has 0 heterocycles. The zero-order chi connectivity index (χ0) is 13.6. The lowest BCUT2D eigenvalue weighted by Gasteiger charge is -2.29. The first-order chi connectivity index (χ1) is 7.65. The molecule has 0 rings (SSSR count). The standard InChI is InChI=1S/C13H27NO3/c1-7-11(15)8-14(10(2)3)9-12(16)17-13(4,5)6/h10-11,15H,7-9H2,1-6H3. The molecule has 0 aromatic carbocycles. The van der Waals surface area contributed by atoms with Gasteiger partial charge in [0.25, 0.3) is 0 Å². The average molecular weight is 245 g/mol. The normalized spacial score (nSPS) is 14.2. The van der Waals surface area contributed by atoms with Crippen LogP contribution in [-0.4, -0.2) is 46.8 Å². The van der Waals surface area contributed by atoms with Gasteiger partial charge in [-0.15, -0.1) is 0 Å². The molecule has 0 saturated heterocycles. The van der Waals surface area contributed by atoms with E-state index >= 15 is 0 Å². The van der Waals surface area contributed by atoms with Crippen molar-refractivity contribution in [3.8, 4) is 0 Å². The predicted molar refractivity (Wildman–Crippen MR) is 68.9 cm³/mol. The molecule has 102 valence electrons. The Morgan fingerprint density at radius 2 is 1.88 bits per heavy atom. The Labute approximate surface area is 105 Å². The van der Waals surface area contributed by atoms with Gasteiger partial charge in [0, 0.05) is 12.6 Å². The predicted octanol–water partition coefficient (Wildman–Crippen LogP) is 1.81. The first-order valence-corrected chi connectivity index (χ1v) is 6.29. The Morgan fingerprint density at radius 3 is 2.24 bits per heavy atom. The van der Waals surface area contributed by atoms with E-state index in [0.29, 0.717) is 13.0 Å². The van der Waals surface area contributed by atoms with E-state index in [-0.39, 0.29) is 24.7 Å². The van der Waals surface area contributed by atoms with E-state index in [4.69, 9.17) is 4.74 Å². The van der Waals surface area contributed by atoms with E-state index in [9.17, 15) is 9.90 Å². The second kappa shape index (κ2) is 6.97. The highest BCUT2D eigenvalue weighted by Crippen LogP contribution is 2.09. The molecule has 0 saturated carbocycles. The third-order valence-electron chi connectivity index (χ3n) is 2.40. The summed E-state index contributed by atoms with van der Waals surface area (Å²) in [7, 11) is 0. The maximum atomic E-state index is 11.7. The summed E-state index contributed by atoms with van der Waals surface area (Å²) in [5, 5.41) is 9.63. The monoisotopic (exact) mass is 245 g/mol. The van der Waals surface area contributed by atoms with E-state index in [0.717, 1.165) is 0 Å². The second-order valence-corrected chi connectivity index (χ2v) is 5.67. The summed E-state index contributed by atoms with van der Waals surface area (Å²) in [4.78, 5) is 13.6. The van der Waals surface area contributed by atoms with Crippen molar-refractivity contribution in [3.05, 3.63) is 0 Å². The lowest BCUT2D eigenvalue weighted by atomic mass is 10.2. The van der Waals surface area contributed by atoms with Crippen molar-refractivity contribution >= 4 is 5.97 Å². The minimum absolute atomic E-state index is 0.212. The van der Waals surface area contributed by atoms with E-state index in [1.807, 2.05) is 46.4 Å². The first-order valence-electron chi connectivity index (χ1n) is 6.29. The number of ether oxygens (including phenoxy) is 1. The van der Waals surface area contributed by atoms with Crippen LogP contribution in [0.1, 0.15) is 48.0 Å². The third-order valence-corrected chi connectivity index (χ3v) is 2.40. The van der Waals surface area contributed by atoms with Gasteiger partial charge in [-0.05, 0) is 41.0 Å². The van der Waals surface area contributed by atoms with Crippen LogP contribution in [0.5, 0.6) is 0 Å². The Balaban J connectivity index is 4.30. The molecule has 0 bridgehead atoms. The Bertz CT molecular complexity index is 233. The lowest BCUT2D eigenvalue weighted by molar-refractivity contribution is -0.156. The lowest BCUT2D eigenvalue weighted by Crippen LogP contribution is -2.42. The summed E-state index contributed by atoms with van der Waals surface area (Å²) in [5.41, 5.74) is -0.455. The summed E-state index contributed by atoms with van der Waals surface area (Å²) in [6, 6.07) is 0.212. The van der Waals surface area contributed by atoms with Crippen LogP contribution in [0.15, 0.2) is 0 Å². The zero-order valence-electron chi connectivity index (χ0n) is 12.0. The quantitative estimate of drug-likeness (QED) is 0.725. The van der Waals surface area contributed by atoms with Gasteiger partial charge in [-0.2, -0.15) is 0 Å². The number of aliphatic hydroxyl groups is 1. The van der Waals surface area contributed by atoms with E-state index in [1.54, 1.807) is 0 Å². The summed E-state index contributed by atoms with van der Waals surface area (Å²) in [6.07, 6.45) is 0.303. The number of hydrogen-bond acceptors (Lipinski definition) is 4. The first kappa shape index (κ1) is 16.4. The molecule has 1 atom stereocenters. The Morgan fingerprint density at radius 1 is 1.35 bits per heavy atom. The van der Waals surface area contributed by atoms with Gasteiger partial charge in [-0.25, -0.2) is 0 Å². The second-order valence-electron chi connectivity index (χ2n) is 5.67. The average Bonchev–Trinajstić information content (AvgIpc) is 2.13. The highest BCUT2D eigenvalue weighted by molar-refractivity contribution is 5.72. The summed E-state index contributed by atoms with van der Waals surface area (Å²) < 4.78 is 5.27. The third kappa shape index (κ3) is 8.16. The molecule has 0 amide bonds. The molecule has 1 N–H and O–H groups in total. The smallest absolute Gasteiger partial charge is 0.320 e. The van der Waals surface area contributed by atoms with Gasteiger partial charge in [0.05, 0.1) is 12.6 Å². The van der Waals surface area contributed by atoms with Crippen LogP contribution >= 0.6 is 0 Å². The number of nitrogens with zero attached hydrogens (tertiary/aromatic N) is 1. The Kier molecular flexibility index (Phi) is 6.72. The number of carbonyl (C=O) groups is 1. The van der Waals surface area contributed by atoms with Crippen LogP contribution in [0.25, 0.3) is 0 Å². The van der Waals surface area contributed by atoms with E-state index in [1.165, 1.54) is 0 Å². The highest BCUT2D eigenvalue weighted by Gasteiger charge is 2.21. The van der Waals surface area contributed by atoms with Crippen LogP contribution in [-0.2, 0) is 9.53 Å². The zero-order valence-corrected chi connectivity index (χ0v) is 12.0. The molecule has 0 aromatic heterocycles. The van der Waals surface area contributed by atoms with Gasteiger partial charge in [0.2, 0.25) is 0 Å². The fourth-order valence-electron chi connectivity index (χ4n) is 1.40.